The van der Waals surface area contributed by atoms with Crippen LogP contribution in [0.5, 0.6) is 0 Å². The average Bonchev–Trinajstić information content (AvgIpc) is 2.68. The number of halogens is 1. The monoisotopic (exact) mass is 352 g/mol. The molecular formula is C25H33F. The summed E-state index contributed by atoms with van der Waals surface area (Å²) in [7, 11) is 0. The number of aryl methyl sites for hydroxylation is 1. The van der Waals surface area contributed by atoms with Gasteiger partial charge >= 0.3 is 0 Å². The fourth-order valence-electron chi connectivity index (χ4n) is 4.54. The summed E-state index contributed by atoms with van der Waals surface area (Å²) in [6.07, 6.45) is 8.80. The van der Waals surface area contributed by atoms with Crippen LogP contribution in [0.25, 0.3) is 11.1 Å². The molecule has 1 atom stereocenters. The van der Waals surface area contributed by atoms with Gasteiger partial charge in [0.1, 0.15) is 5.82 Å². The Kier molecular flexibility index (Phi) is 6.51. The number of hydrogen-bond acceptors (Lipinski definition) is 0. The van der Waals surface area contributed by atoms with Gasteiger partial charge in [0.2, 0.25) is 0 Å². The molecule has 0 N–H and O–H groups in total. The Labute approximate surface area is 158 Å². The third kappa shape index (κ3) is 4.55. The third-order valence-electron chi connectivity index (χ3n) is 6.54. The van der Waals surface area contributed by atoms with Crippen LogP contribution in [0.4, 0.5) is 4.39 Å². The van der Waals surface area contributed by atoms with Crippen molar-refractivity contribution >= 4 is 0 Å². The minimum Gasteiger partial charge on any atom is -0.206 e. The van der Waals surface area contributed by atoms with Crippen molar-refractivity contribution in [2.45, 2.75) is 65.7 Å². The zero-order valence-corrected chi connectivity index (χ0v) is 16.6. The van der Waals surface area contributed by atoms with Crippen LogP contribution in [0.15, 0.2) is 42.5 Å². The predicted molar refractivity (Wildman–Crippen MR) is 110 cm³/mol. The van der Waals surface area contributed by atoms with Gasteiger partial charge in [-0.2, -0.15) is 0 Å². The second-order valence-electron chi connectivity index (χ2n) is 8.24. The molecule has 1 unspecified atom stereocenters. The van der Waals surface area contributed by atoms with E-state index in [1.54, 1.807) is 6.07 Å². The average molecular weight is 353 g/mol. The second-order valence-corrected chi connectivity index (χ2v) is 8.24. The molecule has 1 heteroatoms. The molecule has 0 aromatic heterocycles. The first-order valence-corrected chi connectivity index (χ1v) is 10.5. The molecular weight excluding hydrogens is 319 g/mol. The molecule has 0 aliphatic heterocycles. The SMILES string of the molecule is CCc1ccc(-c2ccc(CC(C)C3CCC(CC)CC3)cc2F)cc1. The van der Waals surface area contributed by atoms with Gasteiger partial charge in [-0.15, -0.1) is 0 Å². The van der Waals surface area contributed by atoms with E-state index in [0.29, 0.717) is 11.5 Å². The van der Waals surface area contributed by atoms with E-state index in [1.165, 1.54) is 37.7 Å². The maximum Gasteiger partial charge on any atom is 0.131 e. The van der Waals surface area contributed by atoms with Crippen LogP contribution >= 0.6 is 0 Å². The van der Waals surface area contributed by atoms with Crippen molar-refractivity contribution in [1.82, 2.24) is 0 Å². The number of rotatable bonds is 6. The highest BCUT2D eigenvalue weighted by molar-refractivity contribution is 5.64. The molecule has 26 heavy (non-hydrogen) atoms. The zero-order valence-electron chi connectivity index (χ0n) is 16.6. The van der Waals surface area contributed by atoms with Crippen molar-refractivity contribution in [3.05, 3.63) is 59.4 Å². The molecule has 0 amide bonds. The van der Waals surface area contributed by atoms with Crippen LogP contribution in [0.2, 0.25) is 0 Å². The Bertz CT molecular complexity index is 693. The second kappa shape index (κ2) is 8.84. The molecule has 1 fully saturated rings. The van der Waals surface area contributed by atoms with E-state index in [2.05, 4.69) is 39.0 Å². The lowest BCUT2D eigenvalue weighted by Crippen LogP contribution is -2.21. The van der Waals surface area contributed by atoms with E-state index in [1.807, 2.05) is 18.2 Å². The first-order valence-electron chi connectivity index (χ1n) is 10.5. The van der Waals surface area contributed by atoms with Gasteiger partial charge in [0.25, 0.3) is 0 Å². The number of benzene rings is 2. The third-order valence-corrected chi connectivity index (χ3v) is 6.54. The maximum atomic E-state index is 14.7. The lowest BCUT2D eigenvalue weighted by Gasteiger charge is -2.32. The molecule has 2 aromatic rings. The molecule has 0 bridgehead atoms. The van der Waals surface area contributed by atoms with Crippen molar-refractivity contribution in [2.75, 3.05) is 0 Å². The predicted octanol–water partition coefficient (Wildman–Crippen LogP) is 7.45. The first kappa shape index (κ1) is 19.1. The molecule has 1 aliphatic carbocycles. The van der Waals surface area contributed by atoms with Gasteiger partial charge in [0.15, 0.2) is 0 Å². The Morgan fingerprint density at radius 2 is 1.58 bits per heavy atom. The Hall–Kier alpha value is -1.63. The van der Waals surface area contributed by atoms with Crippen LogP contribution in [0.1, 0.15) is 64.0 Å². The lowest BCUT2D eigenvalue weighted by molar-refractivity contribution is 0.210. The summed E-state index contributed by atoms with van der Waals surface area (Å²) in [5, 5.41) is 0. The smallest absolute Gasteiger partial charge is 0.131 e. The van der Waals surface area contributed by atoms with Gasteiger partial charge in [-0.25, -0.2) is 4.39 Å². The summed E-state index contributed by atoms with van der Waals surface area (Å²) in [6, 6.07) is 14.1. The molecule has 0 nitrogen and oxygen atoms in total. The zero-order chi connectivity index (χ0) is 18.5. The molecule has 0 saturated heterocycles. The van der Waals surface area contributed by atoms with Crippen LogP contribution in [0.3, 0.4) is 0 Å². The van der Waals surface area contributed by atoms with Crippen molar-refractivity contribution in [2.24, 2.45) is 17.8 Å². The fraction of sp³-hybridized carbons (Fsp3) is 0.520. The van der Waals surface area contributed by atoms with Crippen LogP contribution in [-0.4, -0.2) is 0 Å². The minimum absolute atomic E-state index is 0.0892. The molecule has 0 radical (unpaired) electrons. The summed E-state index contributed by atoms with van der Waals surface area (Å²) >= 11 is 0. The van der Waals surface area contributed by atoms with Crippen molar-refractivity contribution in [1.29, 1.82) is 0 Å². The first-order chi connectivity index (χ1) is 12.6. The Balaban J connectivity index is 1.65. The largest absolute Gasteiger partial charge is 0.206 e. The summed E-state index contributed by atoms with van der Waals surface area (Å²) in [5.41, 5.74) is 4.11. The highest BCUT2D eigenvalue weighted by Gasteiger charge is 2.24. The normalized spacial score (nSPS) is 21.5. The molecule has 140 valence electrons. The fourth-order valence-corrected chi connectivity index (χ4v) is 4.54. The number of hydrogen-bond donors (Lipinski definition) is 0. The molecule has 3 rings (SSSR count). The standard InChI is InChI=1S/C25H33F/c1-4-19-6-11-22(12-7-19)18(3)16-21-10-15-24(25(26)17-21)23-13-8-20(5-2)9-14-23/h8-10,13-15,17-19,22H,4-7,11-12,16H2,1-3H3. The van der Waals surface area contributed by atoms with Crippen LogP contribution in [-0.2, 0) is 12.8 Å². The van der Waals surface area contributed by atoms with E-state index in [0.717, 1.165) is 35.8 Å². The molecule has 2 aromatic carbocycles. The van der Waals surface area contributed by atoms with E-state index in [4.69, 9.17) is 0 Å². The molecule has 0 spiro atoms. The van der Waals surface area contributed by atoms with Gasteiger partial charge in [-0.3, -0.25) is 0 Å². The highest BCUT2D eigenvalue weighted by atomic mass is 19.1. The van der Waals surface area contributed by atoms with Gasteiger partial charge in [0.05, 0.1) is 0 Å². The molecule has 1 aliphatic rings. The van der Waals surface area contributed by atoms with Gasteiger partial charge in [-0.1, -0.05) is 76.4 Å². The lowest BCUT2D eigenvalue weighted by atomic mass is 9.74. The quantitative estimate of drug-likeness (QED) is 0.506. The maximum absolute atomic E-state index is 14.7. The molecule has 0 heterocycles. The van der Waals surface area contributed by atoms with E-state index in [-0.39, 0.29) is 5.82 Å². The highest BCUT2D eigenvalue weighted by Crippen LogP contribution is 2.36. The summed E-state index contributed by atoms with van der Waals surface area (Å²) < 4.78 is 14.7. The summed E-state index contributed by atoms with van der Waals surface area (Å²) in [5.74, 6) is 2.30. The van der Waals surface area contributed by atoms with Crippen molar-refractivity contribution in [3.8, 4) is 11.1 Å². The van der Waals surface area contributed by atoms with Crippen molar-refractivity contribution in [3.63, 3.8) is 0 Å². The van der Waals surface area contributed by atoms with Gasteiger partial charge < -0.3 is 0 Å². The van der Waals surface area contributed by atoms with Gasteiger partial charge in [-0.05, 0) is 66.2 Å². The Morgan fingerprint density at radius 1 is 0.923 bits per heavy atom. The van der Waals surface area contributed by atoms with Crippen LogP contribution in [0, 0.1) is 23.6 Å². The van der Waals surface area contributed by atoms with E-state index < -0.39 is 0 Å². The van der Waals surface area contributed by atoms with Crippen LogP contribution < -0.4 is 0 Å². The Morgan fingerprint density at radius 3 is 2.15 bits per heavy atom. The summed E-state index contributed by atoms with van der Waals surface area (Å²) in [4.78, 5) is 0. The topological polar surface area (TPSA) is 0 Å². The van der Waals surface area contributed by atoms with E-state index >= 15 is 0 Å². The van der Waals surface area contributed by atoms with E-state index in [9.17, 15) is 4.39 Å². The minimum atomic E-state index is -0.0892. The van der Waals surface area contributed by atoms with Gasteiger partial charge in [0, 0.05) is 5.56 Å². The summed E-state index contributed by atoms with van der Waals surface area (Å²) in [6.45, 7) is 6.81. The molecule has 1 saturated carbocycles. The van der Waals surface area contributed by atoms with Crippen molar-refractivity contribution < 1.29 is 4.39 Å².